The molecule has 8 nitrogen and oxygen atoms in total. The van der Waals surface area contributed by atoms with E-state index in [1.165, 1.54) is 7.11 Å². The lowest BCUT2D eigenvalue weighted by Crippen LogP contribution is -2.40. The van der Waals surface area contributed by atoms with Crippen LogP contribution in [0, 0.1) is 0 Å². The molecule has 2 N–H and O–H groups in total. The Balaban J connectivity index is 1.69. The number of benzene rings is 1. The number of ether oxygens (including phenoxy) is 2. The monoisotopic (exact) mass is 391 g/mol. The molecular formula is C21H21N5O3. The van der Waals surface area contributed by atoms with Gasteiger partial charge in [0.25, 0.3) is 5.91 Å². The quantitative estimate of drug-likeness (QED) is 0.729. The topological polar surface area (TPSA) is 103 Å². The Morgan fingerprint density at radius 3 is 2.66 bits per heavy atom. The second kappa shape index (κ2) is 6.58. The molecule has 1 aliphatic heterocycles. The molecule has 2 aromatic heterocycles. The number of anilines is 1. The molecule has 1 aliphatic carbocycles. The first-order valence-corrected chi connectivity index (χ1v) is 9.59. The number of hydrogen-bond acceptors (Lipinski definition) is 7. The number of hydrogen-bond donors (Lipinski definition) is 1. The molecule has 29 heavy (non-hydrogen) atoms. The van der Waals surface area contributed by atoms with Crippen molar-refractivity contribution < 1.29 is 14.3 Å². The van der Waals surface area contributed by atoms with Crippen molar-refractivity contribution >= 4 is 22.5 Å². The van der Waals surface area contributed by atoms with E-state index in [-0.39, 0.29) is 11.9 Å². The highest BCUT2D eigenvalue weighted by Crippen LogP contribution is 2.40. The van der Waals surface area contributed by atoms with Crippen molar-refractivity contribution in [3.63, 3.8) is 0 Å². The van der Waals surface area contributed by atoms with Crippen LogP contribution in [0.2, 0.25) is 0 Å². The maximum Gasteiger partial charge on any atom is 0.319 e. The van der Waals surface area contributed by atoms with Gasteiger partial charge in [0, 0.05) is 23.2 Å². The molecule has 0 bridgehead atoms. The first-order valence-electron chi connectivity index (χ1n) is 9.59. The molecule has 5 rings (SSSR count). The van der Waals surface area contributed by atoms with Crippen molar-refractivity contribution in [2.24, 2.45) is 0 Å². The van der Waals surface area contributed by atoms with E-state index in [0.717, 1.165) is 35.9 Å². The molecule has 3 heterocycles. The van der Waals surface area contributed by atoms with Gasteiger partial charge in [-0.3, -0.25) is 4.79 Å². The van der Waals surface area contributed by atoms with Crippen LogP contribution in [0.25, 0.3) is 22.0 Å². The molecular weight excluding hydrogens is 370 g/mol. The minimum Gasteiger partial charge on any atom is -0.480 e. The summed E-state index contributed by atoms with van der Waals surface area (Å²) in [6, 6.07) is 6.22. The Labute approximate surface area is 167 Å². The van der Waals surface area contributed by atoms with E-state index in [1.807, 2.05) is 23.1 Å². The van der Waals surface area contributed by atoms with Gasteiger partial charge in [0.05, 0.1) is 48.8 Å². The molecule has 0 radical (unpaired) electrons. The van der Waals surface area contributed by atoms with Gasteiger partial charge < -0.3 is 20.1 Å². The van der Waals surface area contributed by atoms with Crippen LogP contribution in [0.5, 0.6) is 11.9 Å². The van der Waals surface area contributed by atoms with Crippen LogP contribution >= 0.6 is 0 Å². The second-order valence-electron chi connectivity index (χ2n) is 7.35. The number of carbonyl (C=O) groups is 1. The zero-order chi connectivity index (χ0) is 20.1. The van der Waals surface area contributed by atoms with E-state index in [2.05, 4.69) is 9.97 Å². The smallest absolute Gasteiger partial charge is 0.319 e. The van der Waals surface area contributed by atoms with E-state index in [9.17, 15) is 4.79 Å². The largest absolute Gasteiger partial charge is 0.480 e. The molecule has 148 valence electrons. The Morgan fingerprint density at radius 1 is 1.14 bits per heavy atom. The Morgan fingerprint density at radius 2 is 1.97 bits per heavy atom. The van der Waals surface area contributed by atoms with Crippen LogP contribution in [0.3, 0.4) is 0 Å². The third-order valence-corrected chi connectivity index (χ3v) is 5.84. The molecule has 2 aliphatic rings. The molecule has 0 spiro atoms. The third kappa shape index (κ3) is 2.59. The summed E-state index contributed by atoms with van der Waals surface area (Å²) in [5, 5.41) is 0.739. The lowest BCUT2D eigenvalue weighted by Gasteiger charge is -2.34. The summed E-state index contributed by atoms with van der Waals surface area (Å²) < 4.78 is 10.5. The third-order valence-electron chi connectivity index (χ3n) is 5.84. The molecule has 3 aromatic rings. The van der Waals surface area contributed by atoms with Gasteiger partial charge in [-0.2, -0.15) is 4.98 Å². The fraction of sp³-hybridized carbons (Fsp3) is 0.333. The number of rotatable bonds is 4. The molecule has 1 aromatic carbocycles. The first-order chi connectivity index (χ1) is 14.1. The number of nitrogens with zero attached hydrogens (tertiary/aromatic N) is 4. The van der Waals surface area contributed by atoms with Gasteiger partial charge in [0.1, 0.15) is 0 Å². The normalized spacial score (nSPS) is 16.1. The van der Waals surface area contributed by atoms with E-state index >= 15 is 0 Å². The van der Waals surface area contributed by atoms with Crippen LogP contribution in [0.15, 0.2) is 24.4 Å². The summed E-state index contributed by atoms with van der Waals surface area (Å²) in [6.07, 6.45) is 4.91. The number of amides is 1. The van der Waals surface area contributed by atoms with Crippen molar-refractivity contribution in [3.05, 3.63) is 35.7 Å². The fourth-order valence-electron chi connectivity index (χ4n) is 4.09. The van der Waals surface area contributed by atoms with E-state index in [4.69, 9.17) is 20.2 Å². The van der Waals surface area contributed by atoms with Gasteiger partial charge in [-0.15, -0.1) is 0 Å². The zero-order valence-electron chi connectivity index (χ0n) is 16.3. The van der Waals surface area contributed by atoms with E-state index in [0.29, 0.717) is 40.8 Å². The number of carbonyl (C=O) groups excluding carboxylic acids is 1. The average Bonchev–Trinajstić information content (AvgIpc) is 3.02. The van der Waals surface area contributed by atoms with Crippen molar-refractivity contribution in [2.75, 3.05) is 20.0 Å². The van der Waals surface area contributed by atoms with Crippen LogP contribution in [-0.2, 0) is 6.54 Å². The second-order valence-corrected chi connectivity index (χ2v) is 7.35. The van der Waals surface area contributed by atoms with Gasteiger partial charge in [-0.05, 0) is 19.3 Å². The summed E-state index contributed by atoms with van der Waals surface area (Å²) >= 11 is 0. The van der Waals surface area contributed by atoms with Gasteiger partial charge in [-0.1, -0.05) is 18.2 Å². The van der Waals surface area contributed by atoms with Crippen molar-refractivity contribution in [1.29, 1.82) is 0 Å². The summed E-state index contributed by atoms with van der Waals surface area (Å²) in [5.41, 5.74) is 10.4. The number of aromatic nitrogens is 3. The van der Waals surface area contributed by atoms with Crippen LogP contribution in [0.1, 0.15) is 35.3 Å². The maximum absolute atomic E-state index is 13.0. The Hall–Kier alpha value is -3.42. The van der Waals surface area contributed by atoms with E-state index in [1.54, 1.807) is 13.3 Å². The number of methoxy groups -OCH3 is 2. The highest BCUT2D eigenvalue weighted by Gasteiger charge is 2.38. The molecule has 1 saturated carbocycles. The number of nitrogens with two attached hydrogens (primary N) is 1. The van der Waals surface area contributed by atoms with Crippen molar-refractivity contribution in [2.45, 2.75) is 31.8 Å². The molecule has 0 saturated heterocycles. The highest BCUT2D eigenvalue weighted by atomic mass is 16.5. The van der Waals surface area contributed by atoms with E-state index < -0.39 is 0 Å². The average molecular weight is 391 g/mol. The molecule has 1 amide bonds. The predicted octanol–water partition coefficient (Wildman–Crippen LogP) is 2.80. The Kier molecular flexibility index (Phi) is 4.01. The van der Waals surface area contributed by atoms with Gasteiger partial charge in [0.15, 0.2) is 0 Å². The van der Waals surface area contributed by atoms with Gasteiger partial charge >= 0.3 is 6.01 Å². The summed E-state index contributed by atoms with van der Waals surface area (Å²) in [4.78, 5) is 28.2. The molecule has 1 fully saturated rings. The predicted molar refractivity (Wildman–Crippen MR) is 108 cm³/mol. The van der Waals surface area contributed by atoms with Gasteiger partial charge in [0.2, 0.25) is 5.88 Å². The summed E-state index contributed by atoms with van der Waals surface area (Å²) in [7, 11) is 3.05. The van der Waals surface area contributed by atoms with Crippen LogP contribution in [-0.4, -0.2) is 46.0 Å². The summed E-state index contributed by atoms with van der Waals surface area (Å²) in [6.45, 7) is 0.504. The molecule has 0 atom stereocenters. The summed E-state index contributed by atoms with van der Waals surface area (Å²) in [5.74, 6) is 0.379. The van der Waals surface area contributed by atoms with Gasteiger partial charge in [-0.25, -0.2) is 9.97 Å². The zero-order valence-corrected chi connectivity index (χ0v) is 16.3. The fourth-order valence-corrected chi connectivity index (χ4v) is 4.09. The number of para-hydroxylation sites is 1. The van der Waals surface area contributed by atoms with Crippen molar-refractivity contribution in [3.8, 4) is 23.0 Å². The van der Waals surface area contributed by atoms with Crippen LogP contribution < -0.4 is 15.2 Å². The standard InChI is InChI=1S/C21H21N5O3/c1-28-19-14(9-23-21(25-19)29-2)12-7-4-8-13-17(22)16-15(24-18(12)13)10-26(20(16)27)11-5-3-6-11/h4,7-9,11H,3,5-6,10H2,1-2H3,(H2,22,24). The Bertz CT molecular complexity index is 1140. The maximum atomic E-state index is 13.0. The number of nitrogen functional groups attached to an aromatic ring is 1. The molecule has 0 unspecified atom stereocenters. The van der Waals surface area contributed by atoms with Crippen molar-refractivity contribution in [1.82, 2.24) is 19.9 Å². The number of pyridine rings is 1. The lowest BCUT2D eigenvalue weighted by molar-refractivity contribution is 0.0606. The number of fused-ring (bicyclic) bond motifs is 2. The highest BCUT2D eigenvalue weighted by molar-refractivity contribution is 6.11. The SMILES string of the molecule is COc1ncc(-c2cccc3c(N)c4c(nc23)CN(C2CCC2)C4=O)c(OC)n1. The molecule has 8 heteroatoms. The lowest BCUT2D eigenvalue weighted by atomic mass is 9.92. The first kappa shape index (κ1) is 17.7. The van der Waals surface area contributed by atoms with Crippen LogP contribution in [0.4, 0.5) is 5.69 Å². The minimum atomic E-state index is -0.00707. The minimum absolute atomic E-state index is 0.00707.